The molecule has 0 saturated carbocycles. The lowest BCUT2D eigenvalue weighted by molar-refractivity contribution is 0.0710. The number of pyridine rings is 1. The number of carbonyl (C=O) groups excluding carboxylic acids is 1. The molecule has 1 aliphatic rings. The number of hydrogen-bond donors (Lipinski definition) is 1. The molecule has 3 aromatic heterocycles. The summed E-state index contributed by atoms with van der Waals surface area (Å²) < 4.78 is 7.00. The highest BCUT2D eigenvalue weighted by molar-refractivity contribution is 5.94. The van der Waals surface area contributed by atoms with Crippen molar-refractivity contribution in [3.8, 4) is 5.88 Å². The van der Waals surface area contributed by atoms with E-state index in [1.54, 1.807) is 13.2 Å². The zero-order valence-electron chi connectivity index (χ0n) is 15.4. The summed E-state index contributed by atoms with van der Waals surface area (Å²) in [6.45, 7) is 3.27. The van der Waals surface area contributed by atoms with Crippen LogP contribution in [0, 0.1) is 6.92 Å². The van der Waals surface area contributed by atoms with E-state index in [2.05, 4.69) is 20.3 Å². The molecule has 3 aromatic rings. The summed E-state index contributed by atoms with van der Waals surface area (Å²) in [6.07, 6.45) is 5.08. The van der Waals surface area contributed by atoms with Crippen molar-refractivity contribution in [3.63, 3.8) is 0 Å². The second-order valence-corrected chi connectivity index (χ2v) is 6.63. The largest absolute Gasteiger partial charge is 0.481 e. The van der Waals surface area contributed by atoms with E-state index in [-0.39, 0.29) is 11.9 Å². The van der Waals surface area contributed by atoms with Crippen LogP contribution < -0.4 is 10.1 Å². The van der Waals surface area contributed by atoms with Gasteiger partial charge < -0.3 is 15.0 Å². The van der Waals surface area contributed by atoms with Gasteiger partial charge in [-0.05, 0) is 31.9 Å². The maximum atomic E-state index is 13.1. The van der Waals surface area contributed by atoms with Crippen LogP contribution >= 0.6 is 0 Å². The van der Waals surface area contributed by atoms with E-state index in [0.717, 1.165) is 30.0 Å². The number of rotatable bonds is 4. The number of aryl methyl sites for hydroxylation is 1. The molecule has 0 spiro atoms. The van der Waals surface area contributed by atoms with E-state index in [4.69, 9.17) is 4.74 Å². The number of nitrogens with zero attached hydrogens (tertiary/aromatic N) is 5. The monoisotopic (exact) mass is 366 g/mol. The number of likely N-dealkylation sites (tertiary alicyclic amines) is 1. The molecule has 0 radical (unpaired) electrons. The van der Waals surface area contributed by atoms with Crippen LogP contribution in [-0.2, 0) is 0 Å². The Hall–Kier alpha value is -3.16. The lowest BCUT2D eigenvalue weighted by Gasteiger charge is -2.32. The number of carbonyl (C=O) groups is 1. The predicted octanol–water partition coefficient (Wildman–Crippen LogP) is 2.16. The molecule has 1 aliphatic heterocycles. The highest BCUT2D eigenvalue weighted by atomic mass is 16.5. The molecule has 1 fully saturated rings. The summed E-state index contributed by atoms with van der Waals surface area (Å²) in [7, 11) is 1.58. The minimum Gasteiger partial charge on any atom is -0.481 e. The first-order valence-electron chi connectivity index (χ1n) is 9.01. The average Bonchev–Trinajstić information content (AvgIpc) is 3.04. The molecule has 0 atom stereocenters. The third-order valence-electron chi connectivity index (χ3n) is 4.89. The Morgan fingerprint density at radius 1 is 1.26 bits per heavy atom. The van der Waals surface area contributed by atoms with Crippen molar-refractivity contribution in [1.29, 1.82) is 0 Å². The zero-order chi connectivity index (χ0) is 18.8. The molecule has 4 rings (SSSR count). The number of amides is 1. The van der Waals surface area contributed by atoms with Gasteiger partial charge in [0.05, 0.1) is 12.8 Å². The van der Waals surface area contributed by atoms with Crippen LogP contribution in [0.5, 0.6) is 5.88 Å². The molecular formula is C19H22N6O2. The molecule has 1 saturated heterocycles. The molecule has 0 aliphatic carbocycles. The number of imidazole rings is 1. The summed E-state index contributed by atoms with van der Waals surface area (Å²) in [5.41, 5.74) is 2.21. The van der Waals surface area contributed by atoms with Gasteiger partial charge in [-0.15, -0.1) is 0 Å². The number of anilines is 1. The van der Waals surface area contributed by atoms with Crippen molar-refractivity contribution in [1.82, 2.24) is 24.3 Å². The lowest BCUT2D eigenvalue weighted by Crippen LogP contribution is -2.43. The van der Waals surface area contributed by atoms with Gasteiger partial charge in [-0.2, -0.15) is 0 Å². The van der Waals surface area contributed by atoms with E-state index < -0.39 is 0 Å². The van der Waals surface area contributed by atoms with Crippen LogP contribution in [-0.4, -0.2) is 56.4 Å². The Morgan fingerprint density at radius 2 is 2.07 bits per heavy atom. The SMILES string of the molecule is COc1cc(NC2CCN(C(=O)c3c(C)nc4ccccn34)CC2)ncn1. The van der Waals surface area contributed by atoms with Crippen LogP contribution in [0.2, 0.25) is 0 Å². The first-order valence-corrected chi connectivity index (χ1v) is 9.01. The predicted molar refractivity (Wildman–Crippen MR) is 101 cm³/mol. The van der Waals surface area contributed by atoms with Gasteiger partial charge in [0.1, 0.15) is 23.5 Å². The maximum Gasteiger partial charge on any atom is 0.272 e. The summed E-state index contributed by atoms with van der Waals surface area (Å²) in [4.78, 5) is 27.7. The van der Waals surface area contributed by atoms with E-state index >= 15 is 0 Å². The highest BCUT2D eigenvalue weighted by Crippen LogP contribution is 2.20. The topological polar surface area (TPSA) is 84.7 Å². The van der Waals surface area contributed by atoms with Crippen LogP contribution in [0.15, 0.2) is 36.8 Å². The average molecular weight is 366 g/mol. The fourth-order valence-electron chi connectivity index (χ4n) is 3.49. The third kappa shape index (κ3) is 3.42. The summed E-state index contributed by atoms with van der Waals surface area (Å²) in [6, 6.07) is 7.79. The van der Waals surface area contributed by atoms with Crippen molar-refractivity contribution in [2.75, 3.05) is 25.5 Å². The van der Waals surface area contributed by atoms with Gasteiger partial charge in [0.2, 0.25) is 5.88 Å². The number of fused-ring (bicyclic) bond motifs is 1. The van der Waals surface area contributed by atoms with Gasteiger partial charge in [0, 0.05) is 31.4 Å². The summed E-state index contributed by atoms with van der Waals surface area (Å²) in [5.74, 6) is 1.31. The van der Waals surface area contributed by atoms with Gasteiger partial charge in [-0.1, -0.05) is 6.07 Å². The van der Waals surface area contributed by atoms with Crippen molar-refractivity contribution >= 4 is 17.4 Å². The Bertz CT molecular complexity index is 962. The molecular weight excluding hydrogens is 344 g/mol. The van der Waals surface area contributed by atoms with Gasteiger partial charge in [0.25, 0.3) is 5.91 Å². The number of aromatic nitrogens is 4. The molecule has 0 unspecified atom stereocenters. The molecule has 27 heavy (non-hydrogen) atoms. The number of methoxy groups -OCH3 is 1. The normalized spacial score (nSPS) is 15.1. The summed E-state index contributed by atoms with van der Waals surface area (Å²) in [5, 5.41) is 3.40. The molecule has 8 heteroatoms. The molecule has 140 valence electrons. The first kappa shape index (κ1) is 17.3. The second kappa shape index (κ2) is 7.22. The van der Waals surface area contributed by atoms with Crippen molar-refractivity contribution in [2.45, 2.75) is 25.8 Å². The molecule has 0 bridgehead atoms. The Balaban J connectivity index is 1.42. The Labute approximate surface area is 157 Å². The van der Waals surface area contributed by atoms with Crippen molar-refractivity contribution in [3.05, 3.63) is 48.2 Å². The van der Waals surface area contributed by atoms with Gasteiger partial charge in [0.15, 0.2) is 0 Å². The smallest absolute Gasteiger partial charge is 0.272 e. The Kier molecular flexibility index (Phi) is 4.62. The summed E-state index contributed by atoms with van der Waals surface area (Å²) >= 11 is 0. The van der Waals surface area contributed by atoms with Crippen LogP contribution in [0.4, 0.5) is 5.82 Å². The molecule has 0 aromatic carbocycles. The van der Waals surface area contributed by atoms with Crippen molar-refractivity contribution < 1.29 is 9.53 Å². The fraction of sp³-hybridized carbons (Fsp3) is 0.368. The number of ether oxygens (including phenoxy) is 1. The van der Waals surface area contributed by atoms with E-state index in [1.807, 2.05) is 40.6 Å². The van der Waals surface area contributed by atoms with Crippen LogP contribution in [0.1, 0.15) is 29.0 Å². The van der Waals surface area contributed by atoms with Gasteiger partial charge >= 0.3 is 0 Å². The van der Waals surface area contributed by atoms with E-state index in [1.165, 1.54) is 6.33 Å². The van der Waals surface area contributed by atoms with Gasteiger partial charge in [-0.25, -0.2) is 15.0 Å². The minimum atomic E-state index is 0.0355. The first-order chi connectivity index (χ1) is 13.2. The highest BCUT2D eigenvalue weighted by Gasteiger charge is 2.27. The molecule has 1 N–H and O–H groups in total. The third-order valence-corrected chi connectivity index (χ3v) is 4.89. The van der Waals surface area contributed by atoms with E-state index in [9.17, 15) is 4.79 Å². The van der Waals surface area contributed by atoms with Crippen LogP contribution in [0.25, 0.3) is 5.65 Å². The lowest BCUT2D eigenvalue weighted by atomic mass is 10.0. The van der Waals surface area contributed by atoms with Gasteiger partial charge in [-0.3, -0.25) is 9.20 Å². The fourth-order valence-corrected chi connectivity index (χ4v) is 3.49. The quantitative estimate of drug-likeness (QED) is 0.762. The number of hydrogen-bond acceptors (Lipinski definition) is 6. The minimum absolute atomic E-state index is 0.0355. The number of nitrogens with one attached hydrogen (secondary N) is 1. The molecule has 1 amide bonds. The number of piperidine rings is 1. The van der Waals surface area contributed by atoms with E-state index in [0.29, 0.717) is 24.7 Å². The maximum absolute atomic E-state index is 13.1. The molecule has 4 heterocycles. The Morgan fingerprint density at radius 3 is 2.85 bits per heavy atom. The van der Waals surface area contributed by atoms with Crippen LogP contribution in [0.3, 0.4) is 0 Å². The zero-order valence-corrected chi connectivity index (χ0v) is 15.4. The second-order valence-electron chi connectivity index (χ2n) is 6.63. The van der Waals surface area contributed by atoms with Crippen molar-refractivity contribution in [2.24, 2.45) is 0 Å². The standard InChI is InChI=1S/C19H22N6O2/c1-13-18(25-8-4-3-5-16(25)22-13)19(26)24-9-6-14(7-10-24)23-15-11-17(27-2)21-12-20-15/h3-5,8,11-12,14H,6-7,9-10H2,1-2H3,(H,20,21,23). The molecule has 8 nitrogen and oxygen atoms in total.